The van der Waals surface area contributed by atoms with Crippen molar-refractivity contribution in [1.29, 1.82) is 0 Å². The predicted molar refractivity (Wildman–Crippen MR) is 57.3 cm³/mol. The van der Waals surface area contributed by atoms with E-state index in [2.05, 4.69) is 17.2 Å². The first-order chi connectivity index (χ1) is 7.65. The number of hydrogen-bond donors (Lipinski definition) is 1. The third kappa shape index (κ3) is 3.21. The molecule has 82 valence electrons. The van der Waals surface area contributed by atoms with Gasteiger partial charge in [0.05, 0.1) is 12.1 Å². The number of hydrogen-bond acceptors (Lipinski definition) is 2. The van der Waals surface area contributed by atoms with Crippen molar-refractivity contribution in [2.45, 2.75) is 6.92 Å². The minimum absolute atomic E-state index is 0.0582. The molecule has 3 nitrogen and oxygen atoms in total. The molecule has 0 aliphatic carbocycles. The van der Waals surface area contributed by atoms with E-state index in [1.807, 2.05) is 0 Å². The van der Waals surface area contributed by atoms with E-state index >= 15 is 0 Å². The lowest BCUT2D eigenvalue weighted by atomic mass is 10.1. The Hall–Kier alpha value is -2.15. The highest BCUT2D eigenvalue weighted by Crippen LogP contribution is 2.09. The summed E-state index contributed by atoms with van der Waals surface area (Å²) in [5.41, 5.74) is 0.262. The number of amides is 1. The van der Waals surface area contributed by atoms with Gasteiger partial charge in [0.15, 0.2) is 6.29 Å². The zero-order valence-electron chi connectivity index (χ0n) is 8.71. The standard InChI is InChI=1S/C12H10FNO2/c1-9(16)14-7-3-5-11-10(8-15)4-2-6-12(11)13/h2,4,6,8H,7H2,1H3,(H,14,16). The van der Waals surface area contributed by atoms with Gasteiger partial charge in [0.25, 0.3) is 0 Å². The summed E-state index contributed by atoms with van der Waals surface area (Å²) in [6.45, 7) is 1.49. The van der Waals surface area contributed by atoms with Crippen LogP contribution in [0, 0.1) is 17.7 Å². The van der Waals surface area contributed by atoms with E-state index in [1.54, 1.807) is 0 Å². The average Bonchev–Trinajstić information content (AvgIpc) is 2.25. The number of carbonyl (C=O) groups is 2. The van der Waals surface area contributed by atoms with Crippen molar-refractivity contribution < 1.29 is 14.0 Å². The summed E-state index contributed by atoms with van der Waals surface area (Å²) in [6, 6.07) is 4.16. The molecule has 1 rings (SSSR count). The Balaban J connectivity index is 2.87. The van der Waals surface area contributed by atoms with Crippen molar-refractivity contribution in [2.24, 2.45) is 0 Å². The maximum absolute atomic E-state index is 13.3. The molecule has 0 atom stereocenters. The molecule has 1 aromatic carbocycles. The van der Waals surface area contributed by atoms with Crippen LogP contribution in [0.2, 0.25) is 0 Å². The number of aldehydes is 1. The molecule has 0 unspecified atom stereocenters. The van der Waals surface area contributed by atoms with Gasteiger partial charge in [-0.25, -0.2) is 4.39 Å². The van der Waals surface area contributed by atoms with Crippen molar-refractivity contribution in [3.05, 3.63) is 35.1 Å². The second-order valence-electron chi connectivity index (χ2n) is 3.03. The zero-order valence-corrected chi connectivity index (χ0v) is 8.71. The molecule has 0 aliphatic heterocycles. The fraction of sp³-hybridized carbons (Fsp3) is 0.167. The lowest BCUT2D eigenvalue weighted by Gasteiger charge is -1.97. The van der Waals surface area contributed by atoms with Crippen molar-refractivity contribution in [3.8, 4) is 11.8 Å². The van der Waals surface area contributed by atoms with Crippen LogP contribution in [0.15, 0.2) is 18.2 Å². The summed E-state index contributed by atoms with van der Waals surface area (Å²) in [4.78, 5) is 21.2. The molecule has 1 aromatic rings. The molecule has 0 saturated carbocycles. The molecular formula is C12H10FNO2. The van der Waals surface area contributed by atoms with Gasteiger partial charge in [-0.3, -0.25) is 9.59 Å². The van der Waals surface area contributed by atoms with Gasteiger partial charge in [-0.15, -0.1) is 0 Å². The normalized spacial score (nSPS) is 8.88. The number of halogens is 1. The molecule has 0 bridgehead atoms. The second-order valence-corrected chi connectivity index (χ2v) is 3.03. The lowest BCUT2D eigenvalue weighted by molar-refractivity contribution is -0.118. The summed E-state index contributed by atoms with van der Waals surface area (Å²) < 4.78 is 13.3. The van der Waals surface area contributed by atoms with Gasteiger partial charge in [0.1, 0.15) is 5.82 Å². The molecule has 0 saturated heterocycles. The highest BCUT2D eigenvalue weighted by molar-refractivity contribution is 5.79. The molecule has 4 heteroatoms. The van der Waals surface area contributed by atoms with Crippen LogP contribution in [0.5, 0.6) is 0 Å². The molecule has 0 spiro atoms. The van der Waals surface area contributed by atoms with Crippen LogP contribution in [-0.4, -0.2) is 18.7 Å². The summed E-state index contributed by atoms with van der Waals surface area (Å²) in [5, 5.41) is 2.45. The predicted octanol–water partition coefficient (Wildman–Crippen LogP) is 1.13. The summed E-state index contributed by atoms with van der Waals surface area (Å²) >= 11 is 0. The highest BCUT2D eigenvalue weighted by atomic mass is 19.1. The Morgan fingerprint density at radius 2 is 2.31 bits per heavy atom. The smallest absolute Gasteiger partial charge is 0.217 e. The third-order valence-electron chi connectivity index (χ3n) is 1.81. The molecule has 16 heavy (non-hydrogen) atoms. The summed E-state index contributed by atoms with van der Waals surface area (Å²) in [6.07, 6.45) is 0.547. The fourth-order valence-corrected chi connectivity index (χ4v) is 1.07. The van der Waals surface area contributed by atoms with Crippen molar-refractivity contribution in [1.82, 2.24) is 5.32 Å². The first kappa shape index (κ1) is 11.9. The molecule has 0 aliphatic rings. The number of benzene rings is 1. The van der Waals surface area contributed by atoms with E-state index < -0.39 is 5.82 Å². The molecule has 0 radical (unpaired) electrons. The summed E-state index contributed by atoms with van der Waals surface area (Å²) in [7, 11) is 0. The maximum atomic E-state index is 13.3. The second kappa shape index (κ2) is 5.66. The van der Waals surface area contributed by atoms with Crippen molar-refractivity contribution >= 4 is 12.2 Å². The molecular weight excluding hydrogens is 209 g/mol. The minimum atomic E-state index is -0.542. The van der Waals surface area contributed by atoms with E-state index in [-0.39, 0.29) is 23.6 Å². The Labute approximate surface area is 92.7 Å². The molecule has 1 N–H and O–H groups in total. The first-order valence-corrected chi connectivity index (χ1v) is 4.62. The topological polar surface area (TPSA) is 46.2 Å². The average molecular weight is 219 g/mol. The number of carbonyl (C=O) groups excluding carboxylic acids is 2. The third-order valence-corrected chi connectivity index (χ3v) is 1.81. The van der Waals surface area contributed by atoms with Gasteiger partial charge >= 0.3 is 0 Å². The Morgan fingerprint density at radius 1 is 1.56 bits per heavy atom. The minimum Gasteiger partial charge on any atom is -0.345 e. The van der Waals surface area contributed by atoms with E-state index in [1.165, 1.54) is 25.1 Å². The summed E-state index contributed by atoms with van der Waals surface area (Å²) in [5.74, 6) is 4.33. The quantitative estimate of drug-likeness (QED) is 0.598. The van der Waals surface area contributed by atoms with E-state index in [4.69, 9.17) is 0 Å². The van der Waals surface area contributed by atoms with Crippen LogP contribution in [0.25, 0.3) is 0 Å². The van der Waals surface area contributed by atoms with Gasteiger partial charge < -0.3 is 5.32 Å². The van der Waals surface area contributed by atoms with Crippen LogP contribution >= 0.6 is 0 Å². The number of nitrogens with one attached hydrogen (secondary N) is 1. The highest BCUT2D eigenvalue weighted by Gasteiger charge is 2.03. The van der Waals surface area contributed by atoms with Crippen LogP contribution < -0.4 is 5.32 Å². The SMILES string of the molecule is CC(=O)NCC#Cc1c(F)cccc1C=O. The van der Waals surface area contributed by atoms with E-state index in [0.29, 0.717) is 6.29 Å². The van der Waals surface area contributed by atoms with Gasteiger partial charge in [-0.1, -0.05) is 24.0 Å². The van der Waals surface area contributed by atoms with Gasteiger partial charge in [-0.05, 0) is 6.07 Å². The first-order valence-electron chi connectivity index (χ1n) is 4.62. The van der Waals surface area contributed by atoms with Crippen LogP contribution in [-0.2, 0) is 4.79 Å². The maximum Gasteiger partial charge on any atom is 0.217 e. The van der Waals surface area contributed by atoms with E-state index in [9.17, 15) is 14.0 Å². The Morgan fingerprint density at radius 3 is 2.94 bits per heavy atom. The Kier molecular flexibility index (Phi) is 4.22. The van der Waals surface area contributed by atoms with E-state index in [0.717, 1.165) is 0 Å². The fourth-order valence-electron chi connectivity index (χ4n) is 1.07. The van der Waals surface area contributed by atoms with Crippen LogP contribution in [0.1, 0.15) is 22.8 Å². The van der Waals surface area contributed by atoms with Crippen molar-refractivity contribution in [3.63, 3.8) is 0 Å². The largest absolute Gasteiger partial charge is 0.345 e. The Bertz CT molecular complexity index is 472. The molecule has 0 fully saturated rings. The number of rotatable bonds is 2. The van der Waals surface area contributed by atoms with Gasteiger partial charge in [0.2, 0.25) is 5.91 Å². The van der Waals surface area contributed by atoms with Crippen LogP contribution in [0.4, 0.5) is 4.39 Å². The molecule has 1 amide bonds. The monoisotopic (exact) mass is 219 g/mol. The van der Waals surface area contributed by atoms with Gasteiger partial charge in [0, 0.05) is 12.5 Å². The van der Waals surface area contributed by atoms with Crippen molar-refractivity contribution in [2.75, 3.05) is 6.54 Å². The molecule has 0 aromatic heterocycles. The van der Waals surface area contributed by atoms with Gasteiger partial charge in [-0.2, -0.15) is 0 Å². The van der Waals surface area contributed by atoms with Crippen LogP contribution in [0.3, 0.4) is 0 Å². The lowest BCUT2D eigenvalue weighted by Crippen LogP contribution is -2.19. The molecule has 0 heterocycles. The zero-order chi connectivity index (χ0) is 12.0.